The molecular weight excluding hydrogens is 712 g/mol. The quantitative estimate of drug-likeness (QED) is 0.0728. The van der Waals surface area contributed by atoms with Crippen LogP contribution in [0.4, 0.5) is 0 Å². The first kappa shape index (κ1) is 47.4. The summed E-state index contributed by atoms with van der Waals surface area (Å²) in [5.41, 5.74) is 0. The average Bonchev–Trinajstić information content (AvgIpc) is 3.13. The minimum atomic E-state index is -0.877. The predicted octanol–water partition coefficient (Wildman–Crippen LogP) is 1.99. The van der Waals surface area contributed by atoms with E-state index in [4.69, 9.17) is 57.2 Å². The van der Waals surface area contributed by atoms with E-state index >= 15 is 0 Å². The second kappa shape index (κ2) is 39.6. The number of rotatable bonds is 41. The number of nitrogens with one attached hydrogen (secondary N) is 1. The Bertz CT molecular complexity index is 898. The number of amides is 1. The van der Waals surface area contributed by atoms with Crippen LogP contribution in [0, 0.1) is 0 Å². The molecule has 0 aliphatic carbocycles. The molecule has 2 N–H and O–H groups in total. The molecule has 0 radical (unpaired) electrons. The highest BCUT2D eigenvalue weighted by Gasteiger charge is 2.02. The largest absolute Gasteiger partial charge is 0.481 e. The van der Waals surface area contributed by atoms with Crippen LogP contribution in [0.3, 0.4) is 0 Å². The van der Waals surface area contributed by atoms with E-state index in [-0.39, 0.29) is 18.9 Å². The summed E-state index contributed by atoms with van der Waals surface area (Å²) >= 11 is 0. The van der Waals surface area contributed by atoms with E-state index in [9.17, 15) is 9.59 Å². The maximum atomic E-state index is 11.8. The van der Waals surface area contributed by atoms with E-state index in [0.717, 1.165) is 10.8 Å². The SMILES string of the molecule is O=C(O)CCOCCOCCOCCOCCOCCOCCOCCOCCOCCOCCOCCC(=O)NCCSSc1ccccn1. The Labute approximate surface area is 309 Å². The van der Waals surface area contributed by atoms with Crippen molar-refractivity contribution >= 4 is 33.5 Å². The lowest BCUT2D eigenvalue weighted by Gasteiger charge is -2.09. The number of pyridine rings is 1. The number of aromatic nitrogens is 1. The van der Waals surface area contributed by atoms with Crippen molar-refractivity contribution in [3.05, 3.63) is 24.4 Å². The van der Waals surface area contributed by atoms with Gasteiger partial charge in [-0.1, -0.05) is 16.9 Å². The number of carbonyl (C=O) groups is 2. The summed E-state index contributed by atoms with van der Waals surface area (Å²) in [6.45, 7) is 10.4. The van der Waals surface area contributed by atoms with Gasteiger partial charge in [-0.15, -0.1) is 0 Å². The van der Waals surface area contributed by atoms with Gasteiger partial charge in [0, 0.05) is 24.9 Å². The molecule has 16 nitrogen and oxygen atoms in total. The lowest BCUT2D eigenvalue weighted by Crippen LogP contribution is -2.26. The van der Waals surface area contributed by atoms with Crippen molar-refractivity contribution in [2.75, 3.05) is 158 Å². The Balaban J connectivity index is 1.64. The fourth-order valence-electron chi connectivity index (χ4n) is 3.44. The van der Waals surface area contributed by atoms with Gasteiger partial charge in [-0.25, -0.2) is 4.98 Å². The van der Waals surface area contributed by atoms with Crippen molar-refractivity contribution in [1.29, 1.82) is 0 Å². The van der Waals surface area contributed by atoms with E-state index in [2.05, 4.69) is 10.3 Å². The minimum Gasteiger partial charge on any atom is -0.481 e. The standard InChI is InChI=1S/C33H58N2O14S2/c36-31(34-7-30-50-51-32-3-1-2-6-35-32)4-8-39-10-12-41-14-16-43-18-20-45-22-24-47-26-28-49-29-27-48-25-23-46-21-19-44-17-15-42-13-11-40-9-5-33(37)38/h1-3,6H,4-5,7-30H2,(H,34,36)(H,37,38). The average molecular weight is 771 g/mol. The molecule has 0 aromatic carbocycles. The number of carboxylic acids is 1. The molecule has 18 heteroatoms. The van der Waals surface area contributed by atoms with Crippen LogP contribution in [0.15, 0.2) is 29.4 Å². The number of hydrogen-bond donors (Lipinski definition) is 2. The molecule has 1 amide bonds. The van der Waals surface area contributed by atoms with Crippen LogP contribution in [0.1, 0.15) is 12.8 Å². The summed E-state index contributed by atoms with van der Waals surface area (Å²) in [6.07, 6.45) is 2.08. The molecule has 0 aliphatic heterocycles. The second-order valence-electron chi connectivity index (χ2n) is 10.1. The number of ether oxygens (including phenoxy) is 11. The molecule has 0 saturated heterocycles. The van der Waals surface area contributed by atoms with E-state index in [1.807, 2.05) is 18.2 Å². The fourth-order valence-corrected chi connectivity index (χ4v) is 5.23. The first-order valence-corrected chi connectivity index (χ1v) is 19.5. The van der Waals surface area contributed by atoms with Crippen molar-refractivity contribution in [2.45, 2.75) is 17.9 Å². The maximum absolute atomic E-state index is 11.8. The first-order valence-electron chi connectivity index (χ1n) is 17.2. The zero-order chi connectivity index (χ0) is 36.6. The molecule has 0 unspecified atom stereocenters. The lowest BCUT2D eigenvalue weighted by atomic mass is 10.4. The van der Waals surface area contributed by atoms with E-state index in [0.29, 0.717) is 152 Å². The Kier molecular flexibility index (Phi) is 36.7. The van der Waals surface area contributed by atoms with Crippen LogP contribution in [0.25, 0.3) is 0 Å². The molecule has 0 saturated carbocycles. The van der Waals surface area contributed by atoms with Crippen molar-refractivity contribution in [2.24, 2.45) is 0 Å². The number of carbonyl (C=O) groups excluding carboxylic acids is 1. The Morgan fingerprint density at radius 1 is 0.529 bits per heavy atom. The first-order chi connectivity index (χ1) is 25.2. The molecule has 1 aromatic heterocycles. The zero-order valence-electron chi connectivity index (χ0n) is 29.7. The van der Waals surface area contributed by atoms with Gasteiger partial charge in [-0.05, 0) is 22.9 Å². The topological polar surface area (TPSA) is 181 Å². The van der Waals surface area contributed by atoms with Crippen molar-refractivity contribution in [1.82, 2.24) is 10.3 Å². The van der Waals surface area contributed by atoms with Gasteiger partial charge in [0.2, 0.25) is 5.91 Å². The van der Waals surface area contributed by atoms with Gasteiger partial charge in [0.15, 0.2) is 0 Å². The zero-order valence-corrected chi connectivity index (χ0v) is 31.3. The second-order valence-corrected chi connectivity index (χ2v) is 12.5. The van der Waals surface area contributed by atoms with Crippen LogP contribution in [-0.2, 0) is 61.7 Å². The fraction of sp³-hybridized carbons (Fsp3) is 0.788. The maximum Gasteiger partial charge on any atom is 0.305 e. The van der Waals surface area contributed by atoms with Crippen LogP contribution in [0.2, 0.25) is 0 Å². The Morgan fingerprint density at radius 3 is 1.22 bits per heavy atom. The van der Waals surface area contributed by atoms with Gasteiger partial charge in [0.25, 0.3) is 0 Å². The van der Waals surface area contributed by atoms with Gasteiger partial charge in [-0.3, -0.25) is 9.59 Å². The van der Waals surface area contributed by atoms with Crippen molar-refractivity contribution in [3.63, 3.8) is 0 Å². The molecule has 1 aromatic rings. The lowest BCUT2D eigenvalue weighted by molar-refractivity contribution is -0.138. The molecule has 1 heterocycles. The number of carboxylic acid groups (broad SMARTS) is 1. The molecule has 0 atom stereocenters. The number of hydrogen-bond acceptors (Lipinski definition) is 16. The highest BCUT2D eigenvalue weighted by atomic mass is 33.1. The van der Waals surface area contributed by atoms with E-state index in [1.54, 1.807) is 27.8 Å². The van der Waals surface area contributed by atoms with E-state index < -0.39 is 5.97 Å². The van der Waals surface area contributed by atoms with Gasteiger partial charge in [-0.2, -0.15) is 0 Å². The van der Waals surface area contributed by atoms with Gasteiger partial charge >= 0.3 is 5.97 Å². The Morgan fingerprint density at radius 2 is 0.882 bits per heavy atom. The third-order valence-corrected chi connectivity index (χ3v) is 8.21. The Hall–Kier alpha value is -1.65. The highest BCUT2D eigenvalue weighted by molar-refractivity contribution is 8.76. The van der Waals surface area contributed by atoms with Crippen LogP contribution < -0.4 is 5.32 Å². The third kappa shape index (κ3) is 37.9. The van der Waals surface area contributed by atoms with Gasteiger partial charge in [0.05, 0.1) is 152 Å². The molecular formula is C33H58N2O14S2. The summed E-state index contributed by atoms with van der Waals surface area (Å²) < 4.78 is 59.5. The highest BCUT2D eigenvalue weighted by Crippen LogP contribution is 2.28. The number of aliphatic carboxylic acids is 1. The van der Waals surface area contributed by atoms with E-state index in [1.165, 1.54) is 0 Å². The summed E-state index contributed by atoms with van der Waals surface area (Å²) in [5, 5.41) is 12.3. The van der Waals surface area contributed by atoms with Gasteiger partial charge < -0.3 is 62.5 Å². The van der Waals surface area contributed by atoms with Crippen molar-refractivity contribution in [3.8, 4) is 0 Å². The normalized spacial score (nSPS) is 11.3. The minimum absolute atomic E-state index is 0.00623. The summed E-state index contributed by atoms with van der Waals surface area (Å²) in [6, 6.07) is 5.79. The summed E-state index contributed by atoms with van der Waals surface area (Å²) in [4.78, 5) is 26.4. The molecule has 1 rings (SSSR count). The van der Waals surface area contributed by atoms with Gasteiger partial charge in [0.1, 0.15) is 5.03 Å². The number of nitrogens with zero attached hydrogens (tertiary/aromatic N) is 1. The molecule has 0 spiro atoms. The van der Waals surface area contributed by atoms with Crippen LogP contribution >= 0.6 is 21.6 Å². The molecule has 0 fully saturated rings. The molecule has 296 valence electrons. The third-order valence-electron chi connectivity index (χ3n) is 5.94. The van der Waals surface area contributed by atoms with Crippen molar-refractivity contribution < 1.29 is 66.8 Å². The molecule has 0 bridgehead atoms. The predicted molar refractivity (Wildman–Crippen MR) is 191 cm³/mol. The molecule has 51 heavy (non-hydrogen) atoms. The monoisotopic (exact) mass is 770 g/mol. The molecule has 0 aliphatic rings. The summed E-state index contributed by atoms with van der Waals surface area (Å²) in [5.74, 6) is -0.0983. The smallest absolute Gasteiger partial charge is 0.305 e. The van der Waals surface area contributed by atoms with Crippen LogP contribution in [0.5, 0.6) is 0 Å². The van der Waals surface area contributed by atoms with Crippen LogP contribution in [-0.4, -0.2) is 180 Å². The summed E-state index contributed by atoms with van der Waals surface area (Å²) in [7, 11) is 3.25.